The molecule has 1 rings (SSSR count). The zero-order valence-electron chi connectivity index (χ0n) is 7.68. The van der Waals surface area contributed by atoms with Crippen molar-refractivity contribution in [2.24, 2.45) is 0 Å². The van der Waals surface area contributed by atoms with Crippen molar-refractivity contribution in [3.8, 4) is 0 Å². The predicted molar refractivity (Wildman–Crippen MR) is 49.0 cm³/mol. The first-order valence-corrected chi connectivity index (χ1v) is 3.88. The molecule has 11 heavy (non-hydrogen) atoms. The second-order valence-electron chi connectivity index (χ2n) is 3.08. The van der Waals surface area contributed by atoms with Crippen LogP contribution < -0.4 is 0 Å². The Morgan fingerprint density at radius 1 is 1.18 bits per heavy atom. The SMILES string of the molecule is CC1=CC(C)=C(C)N(C)C=C1. The zero-order chi connectivity index (χ0) is 8.43. The molecule has 1 heteroatoms. The normalized spacial score (nSPS) is 18.5. The maximum Gasteiger partial charge on any atom is 0.0169 e. The largest absolute Gasteiger partial charge is 0.354 e. The van der Waals surface area contributed by atoms with Crippen molar-refractivity contribution in [3.05, 3.63) is 35.2 Å². The molecule has 0 saturated heterocycles. The molecule has 1 aliphatic rings. The number of rotatable bonds is 0. The van der Waals surface area contributed by atoms with E-state index in [-0.39, 0.29) is 0 Å². The summed E-state index contributed by atoms with van der Waals surface area (Å²) >= 11 is 0. The summed E-state index contributed by atoms with van der Waals surface area (Å²) in [7, 11) is 2.07. The zero-order valence-corrected chi connectivity index (χ0v) is 7.68. The van der Waals surface area contributed by atoms with Crippen molar-refractivity contribution in [2.45, 2.75) is 20.8 Å². The summed E-state index contributed by atoms with van der Waals surface area (Å²) in [4.78, 5) is 2.14. The highest BCUT2D eigenvalue weighted by Crippen LogP contribution is 2.15. The highest BCUT2D eigenvalue weighted by Gasteiger charge is 2.01. The Balaban J connectivity index is 3.05. The molecule has 0 spiro atoms. The third-order valence-electron chi connectivity index (χ3n) is 2.10. The minimum Gasteiger partial charge on any atom is -0.354 e. The molecule has 0 unspecified atom stereocenters. The van der Waals surface area contributed by atoms with Gasteiger partial charge in [0.1, 0.15) is 0 Å². The Labute approximate surface area is 68.7 Å². The quantitative estimate of drug-likeness (QED) is 0.512. The van der Waals surface area contributed by atoms with Crippen LogP contribution in [-0.2, 0) is 0 Å². The molecule has 0 fully saturated rings. The van der Waals surface area contributed by atoms with Crippen LogP contribution >= 0.6 is 0 Å². The summed E-state index contributed by atoms with van der Waals surface area (Å²) in [6.45, 7) is 6.39. The lowest BCUT2D eigenvalue weighted by atomic mass is 10.2. The predicted octanol–water partition coefficient (Wildman–Crippen LogP) is 2.69. The average Bonchev–Trinajstić information content (AvgIpc) is 2.05. The third-order valence-corrected chi connectivity index (χ3v) is 2.10. The second kappa shape index (κ2) is 2.95. The first kappa shape index (κ1) is 8.12. The first-order chi connectivity index (χ1) is 5.11. The Morgan fingerprint density at radius 3 is 2.45 bits per heavy atom. The summed E-state index contributed by atoms with van der Waals surface area (Å²) in [5.74, 6) is 0. The minimum absolute atomic E-state index is 1.31. The Morgan fingerprint density at radius 2 is 1.82 bits per heavy atom. The Hall–Kier alpha value is -0.980. The van der Waals surface area contributed by atoms with E-state index in [9.17, 15) is 0 Å². The fraction of sp³-hybridized carbons (Fsp3) is 0.400. The second-order valence-corrected chi connectivity index (χ2v) is 3.08. The van der Waals surface area contributed by atoms with Gasteiger partial charge in [-0.1, -0.05) is 6.08 Å². The molecule has 0 saturated carbocycles. The van der Waals surface area contributed by atoms with E-state index in [1.165, 1.54) is 16.8 Å². The molecular weight excluding hydrogens is 134 g/mol. The van der Waals surface area contributed by atoms with Crippen LogP contribution in [0.5, 0.6) is 0 Å². The fourth-order valence-electron chi connectivity index (χ4n) is 1.11. The highest BCUT2D eigenvalue weighted by molar-refractivity contribution is 5.33. The van der Waals surface area contributed by atoms with Gasteiger partial charge in [-0.05, 0) is 38.0 Å². The average molecular weight is 149 g/mol. The van der Waals surface area contributed by atoms with E-state index >= 15 is 0 Å². The van der Waals surface area contributed by atoms with Crippen LogP contribution in [0.25, 0.3) is 0 Å². The van der Waals surface area contributed by atoms with Gasteiger partial charge in [0.15, 0.2) is 0 Å². The monoisotopic (exact) mass is 149 g/mol. The molecule has 0 radical (unpaired) electrons. The van der Waals surface area contributed by atoms with Gasteiger partial charge in [-0.2, -0.15) is 0 Å². The summed E-state index contributed by atoms with van der Waals surface area (Å²) in [5, 5.41) is 0. The smallest absolute Gasteiger partial charge is 0.0169 e. The number of nitrogens with zero attached hydrogens (tertiary/aromatic N) is 1. The topological polar surface area (TPSA) is 3.24 Å². The maximum atomic E-state index is 2.20. The van der Waals surface area contributed by atoms with E-state index in [0.717, 1.165) is 0 Å². The van der Waals surface area contributed by atoms with Gasteiger partial charge in [-0.25, -0.2) is 0 Å². The van der Waals surface area contributed by atoms with Crippen molar-refractivity contribution in [3.63, 3.8) is 0 Å². The summed E-state index contributed by atoms with van der Waals surface area (Å²) < 4.78 is 0. The number of allylic oxidation sites excluding steroid dienone is 5. The summed E-state index contributed by atoms with van der Waals surface area (Å²) in [6, 6.07) is 0. The van der Waals surface area contributed by atoms with E-state index in [1.54, 1.807) is 0 Å². The van der Waals surface area contributed by atoms with Crippen molar-refractivity contribution in [1.29, 1.82) is 0 Å². The Bertz CT molecular complexity index is 244. The Kier molecular flexibility index (Phi) is 2.18. The molecule has 1 aliphatic heterocycles. The molecule has 0 bridgehead atoms. The van der Waals surface area contributed by atoms with E-state index in [1.807, 2.05) is 0 Å². The minimum atomic E-state index is 1.31. The molecule has 1 nitrogen and oxygen atoms in total. The molecule has 0 aromatic carbocycles. The number of hydrogen-bond donors (Lipinski definition) is 0. The van der Waals surface area contributed by atoms with Crippen molar-refractivity contribution in [2.75, 3.05) is 7.05 Å². The van der Waals surface area contributed by atoms with Gasteiger partial charge in [-0.15, -0.1) is 0 Å². The van der Waals surface area contributed by atoms with E-state index in [2.05, 4.69) is 51.1 Å². The van der Waals surface area contributed by atoms with E-state index in [0.29, 0.717) is 0 Å². The molecule has 60 valence electrons. The van der Waals surface area contributed by atoms with Crippen molar-refractivity contribution < 1.29 is 0 Å². The van der Waals surface area contributed by atoms with Crippen LogP contribution in [0.1, 0.15) is 20.8 Å². The lowest BCUT2D eigenvalue weighted by molar-refractivity contribution is 0.566. The van der Waals surface area contributed by atoms with Crippen LogP contribution in [0.15, 0.2) is 35.2 Å². The van der Waals surface area contributed by atoms with Gasteiger partial charge < -0.3 is 4.90 Å². The van der Waals surface area contributed by atoms with Crippen LogP contribution in [0.2, 0.25) is 0 Å². The molecule has 1 heterocycles. The highest BCUT2D eigenvalue weighted by atomic mass is 15.1. The van der Waals surface area contributed by atoms with Gasteiger partial charge in [-0.3, -0.25) is 0 Å². The van der Waals surface area contributed by atoms with Gasteiger partial charge in [0, 0.05) is 18.9 Å². The summed E-state index contributed by atoms with van der Waals surface area (Å²) in [6.07, 6.45) is 6.42. The van der Waals surface area contributed by atoms with Crippen molar-refractivity contribution in [1.82, 2.24) is 4.90 Å². The molecule has 0 N–H and O–H groups in total. The fourth-order valence-corrected chi connectivity index (χ4v) is 1.11. The molecular formula is C10H15N. The van der Waals surface area contributed by atoms with Crippen molar-refractivity contribution >= 4 is 0 Å². The van der Waals surface area contributed by atoms with E-state index < -0.39 is 0 Å². The maximum absolute atomic E-state index is 2.20. The molecule has 0 atom stereocenters. The van der Waals surface area contributed by atoms with E-state index in [4.69, 9.17) is 0 Å². The molecule has 0 aliphatic carbocycles. The van der Waals surface area contributed by atoms with Crippen LogP contribution in [0.4, 0.5) is 0 Å². The van der Waals surface area contributed by atoms with Gasteiger partial charge >= 0.3 is 0 Å². The number of hydrogen-bond acceptors (Lipinski definition) is 1. The molecule has 0 aromatic rings. The lowest BCUT2D eigenvalue weighted by Gasteiger charge is -2.14. The van der Waals surface area contributed by atoms with Gasteiger partial charge in [0.25, 0.3) is 0 Å². The molecule has 0 amide bonds. The molecule has 0 aromatic heterocycles. The first-order valence-electron chi connectivity index (χ1n) is 3.88. The third kappa shape index (κ3) is 1.73. The van der Waals surface area contributed by atoms with Crippen LogP contribution in [-0.4, -0.2) is 11.9 Å². The summed E-state index contributed by atoms with van der Waals surface area (Å²) in [5.41, 5.74) is 3.97. The standard InChI is InChI=1S/C10H15N/c1-8-5-6-11(4)10(3)9(2)7-8/h5-7H,1-4H3. The van der Waals surface area contributed by atoms with Gasteiger partial charge in [0.2, 0.25) is 0 Å². The van der Waals surface area contributed by atoms with Crippen LogP contribution in [0, 0.1) is 0 Å². The lowest BCUT2D eigenvalue weighted by Crippen LogP contribution is -2.07. The van der Waals surface area contributed by atoms with Gasteiger partial charge in [0.05, 0.1) is 0 Å². The van der Waals surface area contributed by atoms with Crippen LogP contribution in [0.3, 0.4) is 0 Å².